The van der Waals surface area contributed by atoms with Gasteiger partial charge >= 0.3 is 5.97 Å². The molecule has 0 aromatic carbocycles. The Hall–Kier alpha value is -2.44. The molecule has 2 rings (SSSR count). The molecule has 1 aliphatic heterocycles. The fraction of sp³-hybridized carbons (Fsp3) is 0.467. The number of pyridine rings is 1. The van der Waals surface area contributed by atoms with Crippen LogP contribution in [0, 0.1) is 5.92 Å². The average molecular weight is 305 g/mol. The van der Waals surface area contributed by atoms with Crippen molar-refractivity contribution in [1.29, 1.82) is 0 Å². The van der Waals surface area contributed by atoms with E-state index in [1.165, 1.54) is 20.2 Å². The minimum absolute atomic E-state index is 0.127. The second-order valence-electron chi connectivity index (χ2n) is 5.20. The maximum Gasteiger partial charge on any atom is 0.308 e. The summed E-state index contributed by atoms with van der Waals surface area (Å²) in [4.78, 5) is 40.7. The van der Waals surface area contributed by atoms with Gasteiger partial charge in [0.05, 0.1) is 13.0 Å². The fourth-order valence-corrected chi connectivity index (χ4v) is 2.48. The molecule has 118 valence electrons. The maximum absolute atomic E-state index is 12.5. The lowest BCUT2D eigenvalue weighted by molar-refractivity contribution is -0.146. The highest BCUT2D eigenvalue weighted by molar-refractivity contribution is 5.96. The largest absolute Gasteiger partial charge is 0.469 e. The van der Waals surface area contributed by atoms with Gasteiger partial charge in [0.15, 0.2) is 0 Å². The summed E-state index contributed by atoms with van der Waals surface area (Å²) in [6, 6.07) is 3.16. The van der Waals surface area contributed by atoms with Crippen LogP contribution in [0.4, 0.5) is 5.82 Å². The van der Waals surface area contributed by atoms with Crippen LogP contribution in [-0.4, -0.2) is 47.9 Å². The molecule has 1 aromatic rings. The lowest BCUT2D eigenvalue weighted by Crippen LogP contribution is -2.40. The predicted molar refractivity (Wildman–Crippen MR) is 79.2 cm³/mol. The molecule has 0 bridgehead atoms. The number of piperidine rings is 1. The van der Waals surface area contributed by atoms with Crippen molar-refractivity contribution in [3.63, 3.8) is 0 Å². The molecule has 2 heterocycles. The Morgan fingerprint density at radius 3 is 2.59 bits per heavy atom. The van der Waals surface area contributed by atoms with Crippen LogP contribution in [0.5, 0.6) is 0 Å². The number of nitrogens with one attached hydrogen (secondary N) is 1. The molecule has 7 heteroatoms. The van der Waals surface area contributed by atoms with E-state index in [1.54, 1.807) is 17.0 Å². The summed E-state index contributed by atoms with van der Waals surface area (Å²) < 4.78 is 4.73. The zero-order valence-corrected chi connectivity index (χ0v) is 12.7. The normalized spacial score (nSPS) is 15.3. The van der Waals surface area contributed by atoms with Crippen molar-refractivity contribution in [2.45, 2.75) is 19.8 Å². The average Bonchev–Trinajstić information content (AvgIpc) is 2.53. The minimum Gasteiger partial charge on any atom is -0.469 e. The maximum atomic E-state index is 12.5. The van der Waals surface area contributed by atoms with Crippen LogP contribution in [0.1, 0.15) is 30.1 Å². The van der Waals surface area contributed by atoms with Crippen LogP contribution in [0.3, 0.4) is 0 Å². The number of hydrogen-bond acceptors (Lipinski definition) is 5. The zero-order valence-electron chi connectivity index (χ0n) is 12.7. The first kappa shape index (κ1) is 15.9. The van der Waals surface area contributed by atoms with Crippen LogP contribution < -0.4 is 5.32 Å². The van der Waals surface area contributed by atoms with E-state index in [9.17, 15) is 14.4 Å². The van der Waals surface area contributed by atoms with Gasteiger partial charge in [-0.15, -0.1) is 0 Å². The van der Waals surface area contributed by atoms with Gasteiger partial charge in [-0.3, -0.25) is 14.4 Å². The molecule has 22 heavy (non-hydrogen) atoms. The minimum atomic E-state index is -0.240. The number of carbonyl (C=O) groups excluding carboxylic acids is 3. The number of ether oxygens (including phenoxy) is 1. The molecule has 0 unspecified atom stereocenters. The molecule has 0 spiro atoms. The smallest absolute Gasteiger partial charge is 0.308 e. The van der Waals surface area contributed by atoms with Gasteiger partial charge in [0.1, 0.15) is 5.82 Å². The van der Waals surface area contributed by atoms with Crippen LogP contribution in [-0.2, 0) is 14.3 Å². The summed E-state index contributed by atoms with van der Waals surface area (Å²) in [6.45, 7) is 2.40. The highest BCUT2D eigenvalue weighted by atomic mass is 16.5. The molecule has 0 aliphatic carbocycles. The van der Waals surface area contributed by atoms with E-state index >= 15 is 0 Å². The molecule has 0 saturated carbocycles. The quantitative estimate of drug-likeness (QED) is 0.844. The molecule has 1 aliphatic rings. The van der Waals surface area contributed by atoms with Gasteiger partial charge in [0, 0.05) is 31.8 Å². The molecule has 0 atom stereocenters. The van der Waals surface area contributed by atoms with Crippen molar-refractivity contribution in [1.82, 2.24) is 9.88 Å². The third kappa shape index (κ3) is 3.81. The number of hydrogen-bond donors (Lipinski definition) is 1. The lowest BCUT2D eigenvalue weighted by Gasteiger charge is -2.30. The molecule has 1 aromatic heterocycles. The Labute approximate surface area is 128 Å². The van der Waals surface area contributed by atoms with Crippen molar-refractivity contribution in [3.05, 3.63) is 23.9 Å². The number of amides is 2. The first-order valence-corrected chi connectivity index (χ1v) is 7.12. The number of esters is 1. The van der Waals surface area contributed by atoms with E-state index in [-0.39, 0.29) is 23.7 Å². The third-order valence-corrected chi connectivity index (χ3v) is 3.63. The number of rotatable bonds is 3. The van der Waals surface area contributed by atoms with Crippen molar-refractivity contribution in [2.75, 3.05) is 25.5 Å². The number of nitrogens with zero attached hydrogens (tertiary/aromatic N) is 2. The second-order valence-corrected chi connectivity index (χ2v) is 5.20. The van der Waals surface area contributed by atoms with Gasteiger partial charge in [0.2, 0.25) is 5.91 Å². The van der Waals surface area contributed by atoms with E-state index < -0.39 is 0 Å². The van der Waals surface area contributed by atoms with Gasteiger partial charge < -0.3 is 15.0 Å². The molecule has 7 nitrogen and oxygen atoms in total. The summed E-state index contributed by atoms with van der Waals surface area (Å²) in [6.07, 6.45) is 2.68. The first-order chi connectivity index (χ1) is 10.5. The topological polar surface area (TPSA) is 88.6 Å². The Kier molecular flexibility index (Phi) is 5.08. The summed E-state index contributed by atoms with van der Waals surface area (Å²) in [5.74, 6) is -0.374. The molecular weight excluding hydrogens is 286 g/mol. The Morgan fingerprint density at radius 2 is 2.00 bits per heavy atom. The summed E-state index contributed by atoms with van der Waals surface area (Å²) in [5, 5.41) is 2.55. The highest BCUT2D eigenvalue weighted by Gasteiger charge is 2.28. The van der Waals surface area contributed by atoms with Gasteiger partial charge in [-0.05, 0) is 25.0 Å². The summed E-state index contributed by atoms with van der Waals surface area (Å²) in [5.41, 5.74) is 0.468. The third-order valence-electron chi connectivity index (χ3n) is 3.63. The number of carbonyl (C=O) groups is 3. The lowest BCUT2D eigenvalue weighted by atomic mass is 9.96. The van der Waals surface area contributed by atoms with E-state index in [4.69, 9.17) is 4.74 Å². The van der Waals surface area contributed by atoms with E-state index in [0.29, 0.717) is 37.3 Å². The van der Waals surface area contributed by atoms with Crippen molar-refractivity contribution < 1.29 is 19.1 Å². The molecule has 2 amide bonds. The first-order valence-electron chi connectivity index (χ1n) is 7.12. The SMILES string of the molecule is COC(=O)C1CCN(C(=O)c2ccnc(NC(C)=O)c2)CC1. The fourth-order valence-electron chi connectivity index (χ4n) is 2.48. The van der Waals surface area contributed by atoms with Crippen molar-refractivity contribution in [3.8, 4) is 0 Å². The van der Waals surface area contributed by atoms with Gasteiger partial charge in [-0.25, -0.2) is 4.98 Å². The van der Waals surface area contributed by atoms with Gasteiger partial charge in [-0.1, -0.05) is 0 Å². The predicted octanol–water partition coefficient (Wildman–Crippen LogP) is 1.07. The number of likely N-dealkylation sites (tertiary alicyclic amines) is 1. The van der Waals surface area contributed by atoms with E-state index in [0.717, 1.165) is 0 Å². The van der Waals surface area contributed by atoms with E-state index in [1.807, 2.05) is 0 Å². The zero-order chi connectivity index (χ0) is 16.1. The Morgan fingerprint density at radius 1 is 1.32 bits per heavy atom. The molecule has 1 fully saturated rings. The number of methoxy groups -OCH3 is 1. The Bertz CT molecular complexity index is 580. The van der Waals surface area contributed by atoms with Crippen molar-refractivity contribution >= 4 is 23.6 Å². The molecular formula is C15H19N3O4. The standard InChI is InChI=1S/C15H19N3O4/c1-10(19)17-13-9-12(3-6-16-13)14(20)18-7-4-11(5-8-18)15(21)22-2/h3,6,9,11H,4-5,7-8H2,1-2H3,(H,16,17,19). The van der Waals surface area contributed by atoms with E-state index in [2.05, 4.69) is 10.3 Å². The van der Waals surface area contributed by atoms with Gasteiger partial charge in [-0.2, -0.15) is 0 Å². The summed E-state index contributed by atoms with van der Waals surface area (Å²) >= 11 is 0. The second kappa shape index (κ2) is 7.02. The number of aromatic nitrogens is 1. The summed E-state index contributed by atoms with van der Waals surface area (Å²) in [7, 11) is 1.38. The highest BCUT2D eigenvalue weighted by Crippen LogP contribution is 2.20. The molecule has 1 N–H and O–H groups in total. The van der Waals surface area contributed by atoms with Crippen LogP contribution in [0.2, 0.25) is 0 Å². The van der Waals surface area contributed by atoms with Crippen LogP contribution in [0.25, 0.3) is 0 Å². The number of anilines is 1. The van der Waals surface area contributed by atoms with Crippen LogP contribution >= 0.6 is 0 Å². The van der Waals surface area contributed by atoms with Crippen LogP contribution in [0.15, 0.2) is 18.3 Å². The molecule has 0 radical (unpaired) electrons. The van der Waals surface area contributed by atoms with Gasteiger partial charge in [0.25, 0.3) is 5.91 Å². The Balaban J connectivity index is 2.01. The van der Waals surface area contributed by atoms with Crippen molar-refractivity contribution in [2.24, 2.45) is 5.92 Å². The monoisotopic (exact) mass is 305 g/mol. The molecule has 1 saturated heterocycles.